The third-order valence-corrected chi connectivity index (χ3v) is 5.42. The summed E-state index contributed by atoms with van der Waals surface area (Å²) in [5.41, 5.74) is 3.72. The molecule has 0 bridgehead atoms. The van der Waals surface area contributed by atoms with Crippen molar-refractivity contribution in [1.82, 2.24) is 4.57 Å². The fourth-order valence-electron chi connectivity index (χ4n) is 3.96. The molecule has 1 aliphatic carbocycles. The van der Waals surface area contributed by atoms with Gasteiger partial charge < -0.3 is 9.88 Å². The standard InChI is InChI=1S/C22H14ClN3O/c23-14-7-5-13(6-8-14)19-11-17-18(12-24)15-3-1-2-4-16(15)21(27)20(17)22-25-9-10-26(19)22/h1-8,11,25H,9-10H2. The van der Waals surface area contributed by atoms with Crippen LogP contribution in [0.1, 0.15) is 5.56 Å². The second-order valence-corrected chi connectivity index (χ2v) is 7.05. The van der Waals surface area contributed by atoms with E-state index in [9.17, 15) is 10.1 Å². The maximum absolute atomic E-state index is 13.2. The van der Waals surface area contributed by atoms with Gasteiger partial charge in [-0.3, -0.25) is 4.79 Å². The zero-order valence-corrected chi connectivity index (χ0v) is 15.0. The number of pyridine rings is 1. The van der Waals surface area contributed by atoms with Crippen LogP contribution >= 0.6 is 11.6 Å². The van der Waals surface area contributed by atoms with Gasteiger partial charge in [0, 0.05) is 34.4 Å². The largest absolute Gasteiger partial charge is 0.369 e. The number of anilines is 1. The summed E-state index contributed by atoms with van der Waals surface area (Å²) < 4.78 is 2.11. The smallest absolute Gasteiger partial charge is 0.197 e. The number of halogens is 1. The number of aromatic nitrogens is 1. The lowest BCUT2D eigenvalue weighted by molar-refractivity contribution is 0.810. The zero-order chi connectivity index (χ0) is 18.5. The summed E-state index contributed by atoms with van der Waals surface area (Å²) in [7, 11) is 0. The predicted octanol–water partition coefficient (Wildman–Crippen LogP) is 4.72. The van der Waals surface area contributed by atoms with E-state index < -0.39 is 0 Å². The molecule has 0 unspecified atom stereocenters. The highest BCUT2D eigenvalue weighted by Crippen LogP contribution is 2.40. The van der Waals surface area contributed by atoms with Gasteiger partial charge in [-0.25, -0.2) is 0 Å². The van der Waals surface area contributed by atoms with Crippen LogP contribution in [0.5, 0.6) is 0 Å². The molecule has 2 heterocycles. The van der Waals surface area contributed by atoms with E-state index in [1.165, 1.54) is 0 Å². The molecule has 0 fully saturated rings. The average Bonchev–Trinajstić information content (AvgIpc) is 3.18. The molecule has 1 N–H and O–H groups in total. The summed E-state index contributed by atoms with van der Waals surface area (Å²) in [5.74, 6) is 0.782. The van der Waals surface area contributed by atoms with Crippen molar-refractivity contribution < 1.29 is 0 Å². The lowest BCUT2D eigenvalue weighted by Crippen LogP contribution is -2.14. The molecule has 5 heteroatoms. The molecule has 2 aromatic rings. The van der Waals surface area contributed by atoms with Gasteiger partial charge in [0.2, 0.25) is 0 Å². The van der Waals surface area contributed by atoms with Gasteiger partial charge in [-0.2, -0.15) is 5.26 Å². The Labute approximate surface area is 160 Å². The molecule has 130 valence electrons. The Morgan fingerprint density at radius 2 is 1.81 bits per heavy atom. The number of nitrogens with one attached hydrogen (secondary N) is 1. The highest BCUT2D eigenvalue weighted by molar-refractivity contribution is 6.30. The van der Waals surface area contributed by atoms with E-state index in [4.69, 9.17) is 11.6 Å². The first kappa shape index (κ1) is 15.9. The fourth-order valence-corrected chi connectivity index (χ4v) is 4.08. The van der Waals surface area contributed by atoms with Crippen molar-refractivity contribution in [2.75, 3.05) is 11.9 Å². The van der Waals surface area contributed by atoms with Crippen LogP contribution < -0.4 is 10.7 Å². The van der Waals surface area contributed by atoms with Gasteiger partial charge in [0.05, 0.1) is 16.8 Å². The van der Waals surface area contributed by atoms with Crippen molar-refractivity contribution in [3.63, 3.8) is 0 Å². The fraction of sp³-hybridized carbons (Fsp3) is 0.0909. The van der Waals surface area contributed by atoms with Crippen LogP contribution in [-0.2, 0) is 6.54 Å². The number of benzene rings is 3. The van der Waals surface area contributed by atoms with Crippen LogP contribution in [-0.4, -0.2) is 11.1 Å². The minimum absolute atomic E-state index is 0.0413. The monoisotopic (exact) mass is 371 g/mol. The molecular formula is C22H14ClN3O. The third kappa shape index (κ3) is 2.26. The number of nitriles is 1. The van der Waals surface area contributed by atoms with Crippen molar-refractivity contribution in [2.24, 2.45) is 0 Å². The summed E-state index contributed by atoms with van der Waals surface area (Å²) in [5, 5.41) is 15.2. The van der Waals surface area contributed by atoms with E-state index in [1.54, 1.807) is 6.07 Å². The molecule has 0 atom stereocenters. The number of hydrogen-bond acceptors (Lipinski definition) is 3. The van der Waals surface area contributed by atoms with Crippen molar-refractivity contribution in [1.29, 1.82) is 5.26 Å². The van der Waals surface area contributed by atoms with Crippen LogP contribution in [0.3, 0.4) is 0 Å². The van der Waals surface area contributed by atoms with E-state index in [1.807, 2.05) is 48.5 Å². The summed E-state index contributed by atoms with van der Waals surface area (Å²) in [6, 6.07) is 19.2. The van der Waals surface area contributed by atoms with Crippen LogP contribution in [0.25, 0.3) is 33.2 Å². The van der Waals surface area contributed by atoms with Crippen LogP contribution in [0.4, 0.5) is 5.82 Å². The van der Waals surface area contributed by atoms with E-state index in [0.29, 0.717) is 32.5 Å². The Bertz CT molecular complexity index is 1280. The zero-order valence-electron chi connectivity index (χ0n) is 14.3. The topological polar surface area (TPSA) is 57.8 Å². The van der Waals surface area contributed by atoms with Gasteiger partial charge in [0.15, 0.2) is 5.43 Å². The second-order valence-electron chi connectivity index (χ2n) is 6.61. The molecule has 0 spiro atoms. The molecule has 4 nitrogen and oxygen atoms in total. The molecular weight excluding hydrogens is 358 g/mol. The van der Waals surface area contributed by atoms with Gasteiger partial charge in [-0.1, -0.05) is 48.0 Å². The van der Waals surface area contributed by atoms with Crippen molar-refractivity contribution in [3.8, 4) is 28.5 Å². The first-order chi connectivity index (χ1) is 13.2. The Balaban J connectivity index is 1.97. The minimum atomic E-state index is -0.0413. The minimum Gasteiger partial charge on any atom is -0.369 e. The van der Waals surface area contributed by atoms with Crippen molar-refractivity contribution in [3.05, 3.63) is 75.4 Å². The van der Waals surface area contributed by atoms with Gasteiger partial charge in [0.25, 0.3) is 0 Å². The van der Waals surface area contributed by atoms with E-state index >= 15 is 0 Å². The van der Waals surface area contributed by atoms with Gasteiger partial charge in [0.1, 0.15) is 11.9 Å². The number of nitrogens with zero attached hydrogens (tertiary/aromatic N) is 2. The highest BCUT2D eigenvalue weighted by Gasteiger charge is 2.27. The van der Waals surface area contributed by atoms with E-state index in [0.717, 1.165) is 30.2 Å². The Morgan fingerprint density at radius 3 is 2.56 bits per heavy atom. The Hall–Kier alpha value is -3.29. The first-order valence-electron chi connectivity index (χ1n) is 8.71. The van der Waals surface area contributed by atoms with Crippen LogP contribution in [0.2, 0.25) is 5.02 Å². The Kier molecular flexibility index (Phi) is 3.46. The van der Waals surface area contributed by atoms with Crippen molar-refractivity contribution in [2.45, 2.75) is 6.54 Å². The normalized spacial score (nSPS) is 12.7. The Morgan fingerprint density at radius 1 is 1.07 bits per heavy atom. The highest BCUT2D eigenvalue weighted by atomic mass is 35.5. The third-order valence-electron chi connectivity index (χ3n) is 5.16. The molecule has 5 rings (SSSR count). The molecule has 0 amide bonds. The van der Waals surface area contributed by atoms with Crippen LogP contribution in [0.15, 0.2) is 59.4 Å². The molecule has 0 aromatic heterocycles. The summed E-state index contributed by atoms with van der Waals surface area (Å²) in [4.78, 5) is 13.2. The average molecular weight is 372 g/mol. The van der Waals surface area contributed by atoms with Gasteiger partial charge in [-0.15, -0.1) is 0 Å². The summed E-state index contributed by atoms with van der Waals surface area (Å²) in [6.45, 7) is 1.51. The molecule has 27 heavy (non-hydrogen) atoms. The SMILES string of the molecule is N#Cc1c2cc(-c3ccc(Cl)cc3)n3c(c-2c(=O)c2ccccc12)NCC3. The van der Waals surface area contributed by atoms with Gasteiger partial charge in [-0.05, 0) is 23.8 Å². The number of fused-ring (bicyclic) bond motifs is 4. The molecule has 0 saturated heterocycles. The molecule has 0 radical (unpaired) electrons. The molecule has 3 aliphatic rings. The van der Waals surface area contributed by atoms with Crippen LogP contribution in [0, 0.1) is 11.3 Å². The lowest BCUT2D eigenvalue weighted by Gasteiger charge is -2.20. The molecule has 2 aliphatic heterocycles. The number of rotatable bonds is 1. The summed E-state index contributed by atoms with van der Waals surface area (Å²) >= 11 is 6.04. The lowest BCUT2D eigenvalue weighted by atomic mass is 9.90. The second kappa shape index (κ2) is 5.87. The van der Waals surface area contributed by atoms with E-state index in [-0.39, 0.29) is 5.43 Å². The molecule has 0 saturated carbocycles. The maximum atomic E-state index is 13.2. The first-order valence-corrected chi connectivity index (χ1v) is 9.09. The van der Waals surface area contributed by atoms with Crippen molar-refractivity contribution >= 4 is 28.2 Å². The predicted molar refractivity (Wildman–Crippen MR) is 108 cm³/mol. The molecule has 2 aromatic carbocycles. The summed E-state index contributed by atoms with van der Waals surface area (Å²) in [6.07, 6.45) is 0. The van der Waals surface area contributed by atoms with E-state index in [2.05, 4.69) is 16.0 Å². The number of hydrogen-bond donors (Lipinski definition) is 1. The maximum Gasteiger partial charge on any atom is 0.197 e. The quantitative estimate of drug-likeness (QED) is 0.492. The van der Waals surface area contributed by atoms with Gasteiger partial charge >= 0.3 is 0 Å².